The summed E-state index contributed by atoms with van der Waals surface area (Å²) >= 11 is 3.25. The Bertz CT molecular complexity index is 387. The summed E-state index contributed by atoms with van der Waals surface area (Å²) < 4.78 is 13.5. The number of hydrogen-bond acceptors (Lipinski definition) is 1. The molecule has 0 fully saturated rings. The van der Waals surface area contributed by atoms with Crippen molar-refractivity contribution in [3.8, 4) is 0 Å². The number of pyridine rings is 1. The molecular formula is C9H5BrFN. The highest BCUT2D eigenvalue weighted by molar-refractivity contribution is 9.10. The Hall–Kier alpha value is -0.960. The summed E-state index contributed by atoms with van der Waals surface area (Å²) in [5.74, 6) is -0.230. The molecule has 0 aliphatic rings. The van der Waals surface area contributed by atoms with E-state index in [1.807, 2.05) is 6.07 Å². The minimum absolute atomic E-state index is 0.230. The van der Waals surface area contributed by atoms with Gasteiger partial charge in [-0.2, -0.15) is 0 Å². The van der Waals surface area contributed by atoms with Crippen molar-refractivity contribution in [3.05, 3.63) is 40.9 Å². The third-order valence-corrected chi connectivity index (χ3v) is 2.08. The molecule has 2 rings (SSSR count). The first-order valence-corrected chi connectivity index (χ1v) is 4.26. The van der Waals surface area contributed by atoms with Gasteiger partial charge in [0.15, 0.2) is 0 Å². The monoisotopic (exact) mass is 225 g/mol. The number of aromatic nitrogens is 1. The molecular weight excluding hydrogens is 221 g/mol. The Labute approximate surface area is 77.4 Å². The summed E-state index contributed by atoms with van der Waals surface area (Å²) in [5, 5.41) is 1.80. The zero-order valence-corrected chi connectivity index (χ0v) is 7.68. The van der Waals surface area contributed by atoms with E-state index in [0.29, 0.717) is 0 Å². The van der Waals surface area contributed by atoms with Crippen molar-refractivity contribution in [3.63, 3.8) is 0 Å². The fourth-order valence-electron chi connectivity index (χ4n) is 1.09. The number of benzene rings is 1. The number of rotatable bonds is 0. The topological polar surface area (TPSA) is 12.9 Å². The van der Waals surface area contributed by atoms with Crippen LogP contribution in [0.3, 0.4) is 0 Å². The molecule has 0 bridgehead atoms. The zero-order valence-electron chi connectivity index (χ0n) is 6.09. The lowest BCUT2D eigenvalue weighted by Gasteiger charge is -1.96. The smallest absolute Gasteiger partial charge is 0.123 e. The van der Waals surface area contributed by atoms with Crippen LogP contribution >= 0.6 is 15.9 Å². The van der Waals surface area contributed by atoms with E-state index in [1.54, 1.807) is 12.3 Å². The molecule has 0 N–H and O–H groups in total. The highest BCUT2D eigenvalue weighted by Crippen LogP contribution is 2.17. The largest absolute Gasteiger partial charge is 0.249 e. The van der Waals surface area contributed by atoms with Crippen molar-refractivity contribution in [1.82, 2.24) is 4.98 Å². The number of nitrogens with zero attached hydrogens (tertiary/aromatic N) is 1. The van der Waals surface area contributed by atoms with Crippen molar-refractivity contribution in [1.29, 1.82) is 0 Å². The highest BCUT2D eigenvalue weighted by atomic mass is 79.9. The molecule has 1 heterocycles. The SMILES string of the molecule is Fc1ccc2cc(Br)ncc2c1. The normalized spacial score (nSPS) is 10.5. The Morgan fingerprint density at radius 2 is 2.00 bits per heavy atom. The van der Waals surface area contributed by atoms with E-state index in [1.165, 1.54) is 12.1 Å². The zero-order chi connectivity index (χ0) is 8.55. The van der Waals surface area contributed by atoms with Gasteiger partial charge in [0, 0.05) is 11.6 Å². The van der Waals surface area contributed by atoms with Crippen LogP contribution in [-0.2, 0) is 0 Å². The van der Waals surface area contributed by atoms with Crippen LogP contribution in [-0.4, -0.2) is 4.98 Å². The Morgan fingerprint density at radius 1 is 1.17 bits per heavy atom. The lowest BCUT2D eigenvalue weighted by molar-refractivity contribution is 0.629. The Kier molecular flexibility index (Phi) is 1.81. The fraction of sp³-hybridized carbons (Fsp3) is 0. The van der Waals surface area contributed by atoms with Gasteiger partial charge in [-0.3, -0.25) is 0 Å². The first kappa shape index (κ1) is 7.68. The molecule has 0 aliphatic carbocycles. The van der Waals surface area contributed by atoms with Gasteiger partial charge < -0.3 is 0 Å². The lowest BCUT2D eigenvalue weighted by atomic mass is 10.2. The van der Waals surface area contributed by atoms with E-state index in [2.05, 4.69) is 20.9 Å². The summed E-state index contributed by atoms with van der Waals surface area (Å²) in [4.78, 5) is 4.00. The summed E-state index contributed by atoms with van der Waals surface area (Å²) in [5.41, 5.74) is 0. The van der Waals surface area contributed by atoms with Gasteiger partial charge >= 0.3 is 0 Å². The second kappa shape index (κ2) is 2.83. The van der Waals surface area contributed by atoms with E-state index in [0.717, 1.165) is 15.4 Å². The maximum Gasteiger partial charge on any atom is 0.123 e. The minimum Gasteiger partial charge on any atom is -0.249 e. The quantitative estimate of drug-likeness (QED) is 0.629. The van der Waals surface area contributed by atoms with Crippen LogP contribution in [0.15, 0.2) is 35.1 Å². The molecule has 60 valence electrons. The van der Waals surface area contributed by atoms with Gasteiger partial charge in [0.2, 0.25) is 0 Å². The van der Waals surface area contributed by atoms with Crippen molar-refractivity contribution in [2.75, 3.05) is 0 Å². The van der Waals surface area contributed by atoms with Gasteiger partial charge in [0.1, 0.15) is 10.4 Å². The number of fused-ring (bicyclic) bond motifs is 1. The maximum absolute atomic E-state index is 12.7. The van der Waals surface area contributed by atoms with Crippen molar-refractivity contribution in [2.45, 2.75) is 0 Å². The first-order chi connectivity index (χ1) is 5.75. The van der Waals surface area contributed by atoms with Gasteiger partial charge in [0.05, 0.1) is 0 Å². The summed E-state index contributed by atoms with van der Waals surface area (Å²) in [6.07, 6.45) is 1.64. The average Bonchev–Trinajstić information content (AvgIpc) is 2.05. The molecule has 1 aromatic carbocycles. The third-order valence-electron chi connectivity index (χ3n) is 1.65. The van der Waals surface area contributed by atoms with Crippen molar-refractivity contribution < 1.29 is 4.39 Å². The predicted octanol–water partition coefficient (Wildman–Crippen LogP) is 3.14. The minimum atomic E-state index is -0.230. The molecule has 0 atom stereocenters. The lowest BCUT2D eigenvalue weighted by Crippen LogP contribution is -1.79. The first-order valence-electron chi connectivity index (χ1n) is 3.46. The Morgan fingerprint density at radius 3 is 2.83 bits per heavy atom. The molecule has 3 heteroatoms. The standard InChI is InChI=1S/C9H5BrFN/c10-9-4-6-1-2-8(11)3-7(6)5-12-9/h1-5H. The van der Waals surface area contributed by atoms with Crippen LogP contribution < -0.4 is 0 Å². The molecule has 1 nitrogen and oxygen atoms in total. The van der Waals surface area contributed by atoms with Crippen LogP contribution in [0, 0.1) is 5.82 Å². The summed E-state index contributed by atoms with van der Waals surface area (Å²) in [7, 11) is 0. The molecule has 0 unspecified atom stereocenters. The molecule has 12 heavy (non-hydrogen) atoms. The maximum atomic E-state index is 12.7. The molecule has 2 aromatic rings. The highest BCUT2D eigenvalue weighted by Gasteiger charge is 1.96. The Balaban J connectivity index is 2.79. The third kappa shape index (κ3) is 1.32. The predicted molar refractivity (Wildman–Crippen MR) is 49.4 cm³/mol. The van der Waals surface area contributed by atoms with E-state index in [4.69, 9.17) is 0 Å². The van der Waals surface area contributed by atoms with Gasteiger partial charge in [-0.05, 0) is 39.5 Å². The van der Waals surface area contributed by atoms with Crippen LogP contribution in [0.2, 0.25) is 0 Å². The average molecular weight is 226 g/mol. The molecule has 0 saturated carbocycles. The van der Waals surface area contributed by atoms with Crippen LogP contribution in [0.5, 0.6) is 0 Å². The van der Waals surface area contributed by atoms with Crippen LogP contribution in [0.4, 0.5) is 4.39 Å². The molecule has 0 aliphatic heterocycles. The van der Waals surface area contributed by atoms with Crippen LogP contribution in [0.25, 0.3) is 10.8 Å². The fourth-order valence-corrected chi connectivity index (χ4v) is 1.43. The van der Waals surface area contributed by atoms with Crippen molar-refractivity contribution >= 4 is 26.7 Å². The van der Waals surface area contributed by atoms with Crippen molar-refractivity contribution in [2.24, 2.45) is 0 Å². The second-order valence-electron chi connectivity index (χ2n) is 2.50. The van der Waals surface area contributed by atoms with Crippen LogP contribution in [0.1, 0.15) is 0 Å². The second-order valence-corrected chi connectivity index (χ2v) is 3.31. The molecule has 0 radical (unpaired) electrons. The molecule has 0 saturated heterocycles. The molecule has 0 amide bonds. The van der Waals surface area contributed by atoms with E-state index in [-0.39, 0.29) is 5.82 Å². The van der Waals surface area contributed by atoms with Gasteiger partial charge in [0.25, 0.3) is 0 Å². The van der Waals surface area contributed by atoms with Gasteiger partial charge in [-0.15, -0.1) is 0 Å². The molecule has 0 spiro atoms. The van der Waals surface area contributed by atoms with Gasteiger partial charge in [-0.25, -0.2) is 9.37 Å². The summed E-state index contributed by atoms with van der Waals surface area (Å²) in [6.45, 7) is 0. The van der Waals surface area contributed by atoms with E-state index < -0.39 is 0 Å². The van der Waals surface area contributed by atoms with E-state index >= 15 is 0 Å². The van der Waals surface area contributed by atoms with E-state index in [9.17, 15) is 4.39 Å². The number of hydrogen-bond donors (Lipinski definition) is 0. The number of halogens is 2. The van der Waals surface area contributed by atoms with Gasteiger partial charge in [-0.1, -0.05) is 6.07 Å². The summed E-state index contributed by atoms with van der Waals surface area (Å²) in [6, 6.07) is 6.50. The molecule has 1 aromatic heterocycles.